The van der Waals surface area contributed by atoms with E-state index in [-0.39, 0.29) is 17.6 Å². The molecule has 0 saturated carbocycles. The fourth-order valence-corrected chi connectivity index (χ4v) is 2.27. The Morgan fingerprint density at radius 2 is 2.43 bits per heavy atom. The van der Waals surface area contributed by atoms with Crippen LogP contribution >= 0.6 is 23.4 Å². The number of benzene rings is 1. The van der Waals surface area contributed by atoms with Gasteiger partial charge in [0.25, 0.3) is 0 Å². The van der Waals surface area contributed by atoms with Crippen LogP contribution in [0.2, 0.25) is 0 Å². The van der Waals surface area contributed by atoms with E-state index in [0.717, 1.165) is 0 Å². The molecule has 1 aromatic carbocycles. The average molecular weight is 232 g/mol. The summed E-state index contributed by atoms with van der Waals surface area (Å²) in [6.45, 7) is 0.263. The second-order valence-corrected chi connectivity index (χ2v) is 4.50. The van der Waals surface area contributed by atoms with E-state index in [0.29, 0.717) is 15.9 Å². The number of rotatable bonds is 2. The highest BCUT2D eigenvalue weighted by Crippen LogP contribution is 2.24. The molecule has 1 N–H and O–H groups in total. The molecule has 0 amide bonds. The van der Waals surface area contributed by atoms with Crippen molar-refractivity contribution >= 4 is 35.9 Å². The molecule has 0 spiro atoms. The minimum Gasteiger partial charge on any atom is -0.423 e. The zero-order valence-corrected chi connectivity index (χ0v) is 8.74. The molecule has 2 nitrogen and oxygen atoms in total. The van der Waals surface area contributed by atoms with E-state index in [1.807, 2.05) is 0 Å². The number of alkyl halides is 1. The summed E-state index contributed by atoms with van der Waals surface area (Å²) < 4.78 is 18.3. The maximum absolute atomic E-state index is 13.3. The molecular formula is C8H7BClFO2S. The van der Waals surface area contributed by atoms with E-state index in [4.69, 9.17) is 16.3 Å². The smallest absolute Gasteiger partial charge is 0.423 e. The van der Waals surface area contributed by atoms with Crippen molar-refractivity contribution in [2.75, 3.05) is 5.21 Å². The van der Waals surface area contributed by atoms with Crippen molar-refractivity contribution < 1.29 is 14.1 Å². The van der Waals surface area contributed by atoms with Crippen LogP contribution in [0.3, 0.4) is 0 Å². The second kappa shape index (κ2) is 4.10. The molecule has 0 aromatic heterocycles. The molecule has 2 rings (SSSR count). The van der Waals surface area contributed by atoms with Gasteiger partial charge in [0.1, 0.15) is 5.82 Å². The molecule has 0 unspecified atom stereocenters. The zero-order valence-electron chi connectivity index (χ0n) is 7.17. The van der Waals surface area contributed by atoms with Crippen LogP contribution in [-0.4, -0.2) is 17.4 Å². The summed E-state index contributed by atoms with van der Waals surface area (Å²) >= 11 is 6.69. The molecule has 1 aliphatic rings. The molecule has 0 saturated heterocycles. The third-order valence-corrected chi connectivity index (χ3v) is 3.13. The molecule has 0 fully saturated rings. The standard InChI is InChI=1S/C8H7BClFO2S/c10-4-14-8-2-6-5(1-7(8)11)3-13-9(6)12/h1-2,12H,3-4H2. The molecule has 1 aromatic rings. The Balaban J connectivity index is 2.41. The molecule has 0 bridgehead atoms. The molecule has 6 heteroatoms. The Hall–Kier alpha value is -0.225. The molecular weight excluding hydrogens is 225 g/mol. The maximum atomic E-state index is 13.3. The molecule has 1 heterocycles. The monoisotopic (exact) mass is 232 g/mol. The molecule has 0 radical (unpaired) electrons. The molecule has 74 valence electrons. The van der Waals surface area contributed by atoms with Crippen molar-refractivity contribution in [2.45, 2.75) is 11.5 Å². The molecule has 0 atom stereocenters. The van der Waals surface area contributed by atoms with Crippen LogP contribution in [0.25, 0.3) is 0 Å². The average Bonchev–Trinajstić information content (AvgIpc) is 2.49. The van der Waals surface area contributed by atoms with Crippen LogP contribution in [0.1, 0.15) is 5.56 Å². The number of halogens is 2. The van der Waals surface area contributed by atoms with Gasteiger partial charge in [-0.15, -0.1) is 23.4 Å². The van der Waals surface area contributed by atoms with Crippen molar-refractivity contribution in [3.05, 3.63) is 23.5 Å². The summed E-state index contributed by atoms with van der Waals surface area (Å²) in [5.74, 6) is -0.313. The lowest BCUT2D eigenvalue weighted by atomic mass is 9.80. The normalized spacial score (nSPS) is 14.6. The van der Waals surface area contributed by atoms with Gasteiger partial charge >= 0.3 is 7.12 Å². The van der Waals surface area contributed by atoms with E-state index in [9.17, 15) is 9.41 Å². The van der Waals surface area contributed by atoms with Crippen LogP contribution in [-0.2, 0) is 11.3 Å². The number of hydrogen-bond donors (Lipinski definition) is 1. The quantitative estimate of drug-likeness (QED) is 0.474. The van der Waals surface area contributed by atoms with E-state index < -0.39 is 7.12 Å². The molecule has 0 aliphatic carbocycles. The minimum absolute atomic E-state index is 0.263. The third-order valence-electron chi connectivity index (χ3n) is 2.07. The Kier molecular flexibility index (Phi) is 3.02. The summed E-state index contributed by atoms with van der Waals surface area (Å²) in [4.78, 5) is 0.448. The van der Waals surface area contributed by atoms with Gasteiger partial charge in [-0.2, -0.15) is 0 Å². The molecule has 14 heavy (non-hydrogen) atoms. The number of fused-ring (bicyclic) bond motifs is 1. The fraction of sp³-hybridized carbons (Fsp3) is 0.250. The van der Waals surface area contributed by atoms with Gasteiger partial charge in [0.2, 0.25) is 0 Å². The maximum Gasteiger partial charge on any atom is 0.491 e. The zero-order chi connectivity index (χ0) is 10.1. The van der Waals surface area contributed by atoms with Crippen LogP contribution < -0.4 is 5.46 Å². The van der Waals surface area contributed by atoms with Gasteiger partial charge in [-0.05, 0) is 23.2 Å². The van der Waals surface area contributed by atoms with E-state index in [1.165, 1.54) is 17.8 Å². The van der Waals surface area contributed by atoms with E-state index in [1.54, 1.807) is 6.07 Å². The highest BCUT2D eigenvalue weighted by atomic mass is 35.5. The third kappa shape index (κ3) is 1.77. The van der Waals surface area contributed by atoms with E-state index >= 15 is 0 Å². The fourth-order valence-electron chi connectivity index (χ4n) is 1.39. The topological polar surface area (TPSA) is 29.5 Å². The largest absolute Gasteiger partial charge is 0.491 e. The van der Waals surface area contributed by atoms with Crippen molar-refractivity contribution in [3.8, 4) is 0 Å². The first-order chi connectivity index (χ1) is 6.72. The summed E-state index contributed by atoms with van der Waals surface area (Å²) in [6, 6.07) is 2.98. The van der Waals surface area contributed by atoms with Gasteiger partial charge < -0.3 is 9.68 Å². The summed E-state index contributed by atoms with van der Waals surface area (Å²) in [5.41, 5.74) is 1.34. The van der Waals surface area contributed by atoms with Crippen LogP contribution in [0, 0.1) is 5.82 Å². The van der Waals surface area contributed by atoms with Gasteiger partial charge in [0.05, 0.1) is 11.8 Å². The van der Waals surface area contributed by atoms with Crippen molar-refractivity contribution in [3.63, 3.8) is 0 Å². The Bertz CT molecular complexity index is 363. The van der Waals surface area contributed by atoms with E-state index in [2.05, 4.69) is 0 Å². The summed E-state index contributed by atoms with van der Waals surface area (Å²) in [7, 11) is -0.930. The van der Waals surface area contributed by atoms with Gasteiger partial charge in [-0.25, -0.2) is 4.39 Å². The highest BCUT2D eigenvalue weighted by molar-refractivity contribution is 8.00. The van der Waals surface area contributed by atoms with Crippen LogP contribution in [0.5, 0.6) is 0 Å². The Morgan fingerprint density at radius 3 is 3.14 bits per heavy atom. The lowest BCUT2D eigenvalue weighted by Gasteiger charge is -2.04. The lowest BCUT2D eigenvalue weighted by Crippen LogP contribution is -2.28. The first kappa shape index (κ1) is 10.3. The Morgan fingerprint density at radius 1 is 1.64 bits per heavy atom. The summed E-state index contributed by atoms with van der Waals surface area (Å²) in [5, 5.41) is 9.66. The van der Waals surface area contributed by atoms with Crippen molar-refractivity contribution in [1.82, 2.24) is 0 Å². The Labute approximate surface area is 90.5 Å². The first-order valence-corrected chi connectivity index (χ1v) is 5.55. The predicted octanol–water partition coefficient (Wildman–Crippen LogP) is 1.33. The van der Waals surface area contributed by atoms with Gasteiger partial charge in [-0.3, -0.25) is 0 Å². The summed E-state index contributed by atoms with van der Waals surface area (Å²) in [6.07, 6.45) is 0. The van der Waals surface area contributed by atoms with Crippen LogP contribution in [0.4, 0.5) is 4.39 Å². The number of hydrogen-bond acceptors (Lipinski definition) is 3. The lowest BCUT2D eigenvalue weighted by molar-refractivity contribution is 0.275. The highest BCUT2D eigenvalue weighted by Gasteiger charge is 2.28. The minimum atomic E-state index is -0.930. The second-order valence-electron chi connectivity index (χ2n) is 2.90. The van der Waals surface area contributed by atoms with Crippen molar-refractivity contribution in [2.24, 2.45) is 0 Å². The van der Waals surface area contributed by atoms with Crippen molar-refractivity contribution in [1.29, 1.82) is 0 Å². The number of thioether (sulfide) groups is 1. The van der Waals surface area contributed by atoms with Crippen LogP contribution in [0.15, 0.2) is 17.0 Å². The van der Waals surface area contributed by atoms with Gasteiger partial charge in [0.15, 0.2) is 0 Å². The molecule has 1 aliphatic heterocycles. The van der Waals surface area contributed by atoms with Gasteiger partial charge in [0, 0.05) is 4.90 Å². The SMILES string of the molecule is OB1OCc2cc(F)c(SCCl)cc21. The first-order valence-electron chi connectivity index (χ1n) is 4.03. The van der Waals surface area contributed by atoms with Gasteiger partial charge in [-0.1, -0.05) is 0 Å². The predicted molar refractivity (Wildman–Crippen MR) is 55.4 cm³/mol.